The molecule has 4 rings (SSSR count). The first-order valence-electron chi connectivity index (χ1n) is 9.46. The number of fused-ring (bicyclic) bond motifs is 1. The van der Waals surface area contributed by atoms with E-state index < -0.39 is 17.8 Å². The molecule has 2 N–H and O–H groups in total. The maximum Gasteiger partial charge on any atom is 0.416 e. The van der Waals surface area contributed by atoms with Gasteiger partial charge in [0.15, 0.2) is 0 Å². The van der Waals surface area contributed by atoms with Gasteiger partial charge >= 0.3 is 6.18 Å². The van der Waals surface area contributed by atoms with Gasteiger partial charge in [-0.15, -0.1) is 0 Å². The van der Waals surface area contributed by atoms with Crippen LogP contribution in [0.1, 0.15) is 34.6 Å². The zero-order chi connectivity index (χ0) is 22.2. The highest BCUT2D eigenvalue weighted by Gasteiger charge is 2.29. The average Bonchev–Trinajstić information content (AvgIpc) is 3.17. The predicted octanol–water partition coefficient (Wildman–Crippen LogP) is 5.33. The minimum absolute atomic E-state index is 0.325. The van der Waals surface area contributed by atoms with Crippen LogP contribution in [0.25, 0.3) is 16.8 Å². The molecule has 0 aliphatic carbocycles. The quantitative estimate of drug-likeness (QED) is 0.465. The number of halogens is 3. The summed E-state index contributed by atoms with van der Waals surface area (Å²) in [4.78, 5) is 16.9. The summed E-state index contributed by atoms with van der Waals surface area (Å²) in [7, 11) is 0. The van der Waals surface area contributed by atoms with Gasteiger partial charge < -0.3 is 14.8 Å². The minimum atomic E-state index is -4.38. The molecule has 5 nitrogen and oxygen atoms in total. The Bertz CT molecular complexity index is 1230. The Balaban J connectivity index is 1.49. The number of pyridine rings is 1. The molecular weight excluding hydrogens is 407 g/mol. The smallest absolute Gasteiger partial charge is 0.387 e. The van der Waals surface area contributed by atoms with Gasteiger partial charge in [0.1, 0.15) is 5.65 Å². The fourth-order valence-corrected chi connectivity index (χ4v) is 3.16. The molecule has 8 heteroatoms. The molecule has 31 heavy (non-hydrogen) atoms. The summed E-state index contributed by atoms with van der Waals surface area (Å²) in [5.74, 6) is -0.325. The molecule has 0 aliphatic rings. The Morgan fingerprint density at radius 1 is 0.968 bits per heavy atom. The number of benzene rings is 2. The van der Waals surface area contributed by atoms with Crippen LogP contribution in [0.5, 0.6) is 0 Å². The molecule has 1 amide bonds. The second kappa shape index (κ2) is 7.88. The number of alkyl halides is 3. The van der Waals surface area contributed by atoms with E-state index in [0.717, 1.165) is 12.1 Å². The van der Waals surface area contributed by atoms with Crippen molar-refractivity contribution in [2.24, 2.45) is 0 Å². The van der Waals surface area contributed by atoms with Gasteiger partial charge in [-0.1, -0.05) is 24.3 Å². The Kier molecular flexibility index (Phi) is 5.24. The van der Waals surface area contributed by atoms with Crippen LogP contribution in [-0.4, -0.2) is 20.4 Å². The maximum absolute atomic E-state index is 12.7. The number of aliphatic hydroxyl groups excluding tert-OH is 1. The molecule has 0 saturated carbocycles. The molecule has 158 valence electrons. The van der Waals surface area contributed by atoms with Crippen LogP contribution in [0.4, 0.5) is 18.9 Å². The minimum Gasteiger partial charge on any atom is -0.387 e. The Hall–Kier alpha value is -3.65. The summed E-state index contributed by atoms with van der Waals surface area (Å²) in [6, 6.07) is 14.9. The number of anilines is 1. The Labute approximate surface area is 175 Å². The number of rotatable bonds is 4. The standard InChI is InChI=1S/C23H18F3N3O2/c1-14(30)20-13-29-12-19(10-11-21(29)28-20)27-22(31)17-4-2-15(3-5-17)16-6-8-18(9-7-16)23(24,25)26/h2-14,30H,1H3,(H,27,31). The Morgan fingerprint density at radius 2 is 1.58 bits per heavy atom. The van der Waals surface area contributed by atoms with Crippen LogP contribution in [-0.2, 0) is 6.18 Å². The molecule has 4 aromatic rings. The first kappa shape index (κ1) is 20.6. The number of carbonyl (C=O) groups excluding carboxylic acids is 1. The molecule has 2 heterocycles. The van der Waals surface area contributed by atoms with Gasteiger partial charge in [-0.25, -0.2) is 4.98 Å². The number of nitrogens with one attached hydrogen (secondary N) is 1. The lowest BCUT2D eigenvalue weighted by atomic mass is 10.0. The van der Waals surface area contributed by atoms with E-state index >= 15 is 0 Å². The lowest BCUT2D eigenvalue weighted by Gasteiger charge is -2.09. The van der Waals surface area contributed by atoms with Crippen LogP contribution in [0.15, 0.2) is 73.1 Å². The van der Waals surface area contributed by atoms with Crippen LogP contribution in [0.3, 0.4) is 0 Å². The summed E-state index contributed by atoms with van der Waals surface area (Å²) < 4.78 is 39.8. The van der Waals surface area contributed by atoms with Crippen LogP contribution in [0.2, 0.25) is 0 Å². The van der Waals surface area contributed by atoms with Crippen molar-refractivity contribution >= 4 is 17.2 Å². The number of nitrogens with zero attached hydrogens (tertiary/aromatic N) is 2. The third-order valence-corrected chi connectivity index (χ3v) is 4.85. The van der Waals surface area contributed by atoms with Crippen LogP contribution >= 0.6 is 0 Å². The van der Waals surface area contributed by atoms with Gasteiger partial charge in [0.2, 0.25) is 0 Å². The number of aromatic nitrogens is 2. The van der Waals surface area contributed by atoms with E-state index in [1.807, 2.05) is 0 Å². The SMILES string of the molecule is CC(O)c1cn2cc(NC(=O)c3ccc(-c4ccc(C(F)(F)F)cc4)cc3)ccc2n1. The second-order valence-electron chi connectivity index (χ2n) is 7.13. The third kappa shape index (κ3) is 4.44. The summed E-state index contributed by atoms with van der Waals surface area (Å²) in [6.45, 7) is 1.62. The lowest BCUT2D eigenvalue weighted by Crippen LogP contribution is -2.12. The van der Waals surface area contributed by atoms with E-state index in [0.29, 0.717) is 33.7 Å². The molecule has 2 aromatic carbocycles. The van der Waals surface area contributed by atoms with Gasteiger partial charge in [0.25, 0.3) is 5.91 Å². The van der Waals surface area contributed by atoms with Crippen molar-refractivity contribution in [3.05, 3.63) is 89.9 Å². The number of hydrogen-bond acceptors (Lipinski definition) is 3. The normalized spacial score (nSPS) is 12.7. The number of carbonyl (C=O) groups is 1. The fraction of sp³-hybridized carbons (Fsp3) is 0.130. The predicted molar refractivity (Wildman–Crippen MR) is 111 cm³/mol. The molecule has 2 aromatic heterocycles. The molecular formula is C23H18F3N3O2. The van der Waals surface area contributed by atoms with Crippen molar-refractivity contribution in [3.8, 4) is 11.1 Å². The number of amides is 1. The molecule has 0 radical (unpaired) electrons. The molecule has 1 unspecified atom stereocenters. The van der Waals surface area contributed by atoms with Crippen molar-refractivity contribution in [2.75, 3.05) is 5.32 Å². The maximum atomic E-state index is 12.7. The Morgan fingerprint density at radius 3 is 2.16 bits per heavy atom. The van der Waals surface area contributed by atoms with E-state index in [1.54, 1.807) is 60.1 Å². The van der Waals surface area contributed by atoms with Crippen LogP contribution < -0.4 is 5.32 Å². The van der Waals surface area contributed by atoms with E-state index in [1.165, 1.54) is 12.1 Å². The second-order valence-corrected chi connectivity index (χ2v) is 7.13. The molecule has 0 spiro atoms. The van der Waals surface area contributed by atoms with Crippen molar-refractivity contribution in [3.63, 3.8) is 0 Å². The number of aliphatic hydroxyl groups is 1. The molecule has 0 saturated heterocycles. The fourth-order valence-electron chi connectivity index (χ4n) is 3.16. The van der Waals surface area contributed by atoms with Gasteiger partial charge in [-0.05, 0) is 54.4 Å². The van der Waals surface area contributed by atoms with E-state index in [4.69, 9.17) is 0 Å². The summed E-state index contributed by atoms with van der Waals surface area (Å²) in [5, 5.41) is 12.4. The highest BCUT2D eigenvalue weighted by Crippen LogP contribution is 2.31. The first-order chi connectivity index (χ1) is 14.7. The van der Waals surface area contributed by atoms with E-state index in [2.05, 4.69) is 10.3 Å². The van der Waals surface area contributed by atoms with E-state index in [9.17, 15) is 23.1 Å². The zero-order valence-electron chi connectivity index (χ0n) is 16.4. The summed E-state index contributed by atoms with van der Waals surface area (Å²) >= 11 is 0. The summed E-state index contributed by atoms with van der Waals surface area (Å²) in [5.41, 5.74) is 2.76. The molecule has 1 atom stereocenters. The van der Waals surface area contributed by atoms with Crippen molar-refractivity contribution in [1.82, 2.24) is 9.38 Å². The first-order valence-corrected chi connectivity index (χ1v) is 9.46. The third-order valence-electron chi connectivity index (χ3n) is 4.85. The van der Waals surface area contributed by atoms with Gasteiger partial charge in [-0.2, -0.15) is 13.2 Å². The van der Waals surface area contributed by atoms with Crippen molar-refractivity contribution < 1.29 is 23.1 Å². The largest absolute Gasteiger partial charge is 0.416 e. The van der Waals surface area contributed by atoms with Crippen molar-refractivity contribution in [2.45, 2.75) is 19.2 Å². The van der Waals surface area contributed by atoms with Gasteiger partial charge in [-0.3, -0.25) is 4.79 Å². The zero-order valence-corrected chi connectivity index (χ0v) is 16.4. The topological polar surface area (TPSA) is 66.6 Å². The van der Waals surface area contributed by atoms with Crippen LogP contribution in [0, 0.1) is 0 Å². The molecule has 0 aliphatic heterocycles. The molecule has 0 bridgehead atoms. The molecule has 0 fully saturated rings. The highest BCUT2D eigenvalue weighted by atomic mass is 19.4. The monoisotopic (exact) mass is 425 g/mol. The summed E-state index contributed by atoms with van der Waals surface area (Å²) in [6.07, 6.45) is -1.68. The van der Waals surface area contributed by atoms with Crippen molar-refractivity contribution in [1.29, 1.82) is 0 Å². The lowest BCUT2D eigenvalue weighted by molar-refractivity contribution is -0.137. The highest BCUT2D eigenvalue weighted by molar-refractivity contribution is 6.04. The number of hydrogen-bond donors (Lipinski definition) is 2. The number of imidazole rings is 1. The van der Waals surface area contributed by atoms with Gasteiger partial charge in [0.05, 0.1) is 23.0 Å². The van der Waals surface area contributed by atoms with E-state index in [-0.39, 0.29) is 5.91 Å². The van der Waals surface area contributed by atoms with Gasteiger partial charge in [0, 0.05) is 18.0 Å². The average molecular weight is 425 g/mol.